The number of hydrogen-bond acceptors (Lipinski definition) is 3. The average Bonchev–Trinajstić information content (AvgIpc) is 1.97. The molecule has 5 atom stereocenters. The van der Waals surface area contributed by atoms with Gasteiger partial charge in [0.1, 0.15) is 6.10 Å². The Kier molecular flexibility index (Phi) is 2.69. The lowest BCUT2D eigenvalue weighted by Gasteiger charge is -2.38. The third-order valence-electron chi connectivity index (χ3n) is 2.75. The van der Waals surface area contributed by atoms with Gasteiger partial charge in [-0.3, -0.25) is 0 Å². The van der Waals surface area contributed by atoms with Gasteiger partial charge in [0.25, 0.3) is 0 Å². The zero-order chi connectivity index (χ0) is 8.59. The Labute approximate surface area is 69.8 Å². The molecule has 0 aromatic rings. The van der Waals surface area contributed by atoms with Crippen molar-refractivity contribution in [3.8, 4) is 0 Å². The zero-order valence-corrected chi connectivity index (χ0v) is 9.19. The maximum Gasteiger partial charge on any atom is 0.181 e. The molecule has 1 rings (SSSR count). The van der Waals surface area contributed by atoms with Crippen LogP contribution in [0.15, 0.2) is 0 Å². The van der Waals surface area contributed by atoms with Crippen molar-refractivity contribution < 1.29 is 14.9 Å². The van der Waals surface area contributed by atoms with Crippen LogP contribution < -0.4 is 0 Å². The van der Waals surface area contributed by atoms with E-state index in [0.29, 0.717) is 5.92 Å². The normalized spacial score (nSPS) is 52.9. The maximum absolute atomic E-state index is 9.39. The number of ether oxygens (including phenoxy) is 1. The molecule has 0 radical (unpaired) electrons. The van der Waals surface area contributed by atoms with Gasteiger partial charge in [-0.1, -0.05) is 6.92 Å². The summed E-state index contributed by atoms with van der Waals surface area (Å²) in [6.45, 7) is 3.99. The van der Waals surface area contributed by atoms with E-state index in [9.17, 15) is 10.2 Å². The SMILES string of the molecule is C[C@H]1[C@H]([SiH3])[C@H](O)C(O)O[C@@H]1C. The molecule has 0 spiro atoms. The van der Waals surface area contributed by atoms with Crippen molar-refractivity contribution in [1.29, 1.82) is 0 Å². The molecule has 11 heavy (non-hydrogen) atoms. The molecule has 3 nitrogen and oxygen atoms in total. The van der Waals surface area contributed by atoms with Gasteiger partial charge in [0.15, 0.2) is 6.29 Å². The highest BCUT2D eigenvalue weighted by molar-refractivity contribution is 6.12. The van der Waals surface area contributed by atoms with Crippen LogP contribution in [0.1, 0.15) is 13.8 Å². The first-order valence-electron chi connectivity index (χ1n) is 4.05. The van der Waals surface area contributed by atoms with Crippen molar-refractivity contribution in [2.24, 2.45) is 5.92 Å². The van der Waals surface area contributed by atoms with Crippen LogP contribution in [0.4, 0.5) is 0 Å². The van der Waals surface area contributed by atoms with Crippen LogP contribution >= 0.6 is 0 Å². The van der Waals surface area contributed by atoms with Crippen molar-refractivity contribution in [3.05, 3.63) is 0 Å². The maximum atomic E-state index is 9.39. The second-order valence-electron chi connectivity index (χ2n) is 3.44. The van der Waals surface area contributed by atoms with Crippen molar-refractivity contribution in [3.63, 3.8) is 0 Å². The van der Waals surface area contributed by atoms with Gasteiger partial charge < -0.3 is 14.9 Å². The first-order valence-corrected chi connectivity index (χ1v) is 5.21. The minimum absolute atomic E-state index is 0.0656. The molecule has 0 aliphatic carbocycles. The summed E-state index contributed by atoms with van der Waals surface area (Å²) < 4.78 is 5.11. The van der Waals surface area contributed by atoms with Crippen molar-refractivity contribution in [2.45, 2.75) is 37.9 Å². The van der Waals surface area contributed by atoms with Gasteiger partial charge in [0.2, 0.25) is 0 Å². The third kappa shape index (κ3) is 1.64. The molecule has 1 aliphatic rings. The molecular formula is C7H16O3Si. The molecular weight excluding hydrogens is 160 g/mol. The largest absolute Gasteiger partial charge is 0.388 e. The van der Waals surface area contributed by atoms with Crippen LogP contribution in [0.5, 0.6) is 0 Å². The van der Waals surface area contributed by atoms with Gasteiger partial charge in [0, 0.05) is 10.2 Å². The van der Waals surface area contributed by atoms with Gasteiger partial charge in [-0.05, 0) is 18.4 Å². The average molecular weight is 176 g/mol. The summed E-state index contributed by atoms with van der Waals surface area (Å²) in [4.78, 5) is 0. The minimum Gasteiger partial charge on any atom is -0.388 e. The molecule has 0 amide bonds. The Balaban J connectivity index is 2.63. The van der Waals surface area contributed by atoms with Crippen LogP contribution in [0.2, 0.25) is 5.54 Å². The molecule has 1 fully saturated rings. The second-order valence-corrected chi connectivity index (χ2v) is 4.77. The van der Waals surface area contributed by atoms with E-state index in [2.05, 4.69) is 6.92 Å². The molecule has 0 bridgehead atoms. The van der Waals surface area contributed by atoms with Gasteiger partial charge in [0.05, 0.1) is 6.10 Å². The summed E-state index contributed by atoms with van der Waals surface area (Å²) in [5, 5.41) is 18.6. The predicted molar refractivity (Wildman–Crippen MR) is 45.4 cm³/mol. The van der Waals surface area contributed by atoms with Crippen molar-refractivity contribution in [1.82, 2.24) is 0 Å². The number of aliphatic hydroxyl groups is 2. The molecule has 0 saturated carbocycles. The highest BCUT2D eigenvalue weighted by Crippen LogP contribution is 2.31. The smallest absolute Gasteiger partial charge is 0.181 e. The Morgan fingerprint density at radius 2 is 1.82 bits per heavy atom. The molecule has 1 heterocycles. The topological polar surface area (TPSA) is 49.7 Å². The molecule has 1 unspecified atom stereocenters. The number of rotatable bonds is 0. The van der Waals surface area contributed by atoms with Gasteiger partial charge >= 0.3 is 0 Å². The highest BCUT2D eigenvalue weighted by Gasteiger charge is 2.37. The van der Waals surface area contributed by atoms with Crippen LogP contribution in [0, 0.1) is 5.92 Å². The molecule has 0 aromatic carbocycles. The lowest BCUT2D eigenvalue weighted by atomic mass is 9.94. The van der Waals surface area contributed by atoms with E-state index in [1.807, 2.05) is 6.92 Å². The Bertz CT molecular complexity index is 128. The zero-order valence-electron chi connectivity index (χ0n) is 7.19. The highest BCUT2D eigenvalue weighted by atomic mass is 28.1. The molecule has 2 N–H and O–H groups in total. The Hall–Kier alpha value is 0.0969. The van der Waals surface area contributed by atoms with E-state index in [1.54, 1.807) is 0 Å². The second kappa shape index (κ2) is 3.22. The summed E-state index contributed by atoms with van der Waals surface area (Å²) in [7, 11) is 0.905. The molecule has 1 saturated heterocycles. The fourth-order valence-electron chi connectivity index (χ4n) is 1.42. The lowest BCUT2D eigenvalue weighted by molar-refractivity contribution is -0.225. The molecule has 4 heteroatoms. The first kappa shape index (κ1) is 9.19. The Morgan fingerprint density at radius 3 is 2.36 bits per heavy atom. The summed E-state index contributed by atoms with van der Waals surface area (Å²) in [6.07, 6.45) is -1.58. The van der Waals surface area contributed by atoms with Crippen molar-refractivity contribution in [2.75, 3.05) is 0 Å². The monoisotopic (exact) mass is 176 g/mol. The van der Waals surface area contributed by atoms with Crippen molar-refractivity contribution >= 4 is 10.2 Å². The summed E-state index contributed by atoms with van der Waals surface area (Å²) in [5.41, 5.74) is 0.244. The van der Waals surface area contributed by atoms with E-state index in [0.717, 1.165) is 10.2 Å². The predicted octanol–water partition coefficient (Wildman–Crippen LogP) is -1.13. The molecule has 66 valence electrons. The Morgan fingerprint density at radius 1 is 1.27 bits per heavy atom. The summed E-state index contributed by atoms with van der Waals surface area (Å²) >= 11 is 0. The van der Waals surface area contributed by atoms with E-state index >= 15 is 0 Å². The fourth-order valence-corrected chi connectivity index (χ4v) is 2.29. The van der Waals surface area contributed by atoms with Gasteiger partial charge in [-0.2, -0.15) is 0 Å². The molecule has 0 aromatic heterocycles. The summed E-state index contributed by atoms with van der Waals surface area (Å²) in [6, 6.07) is 0. The first-order chi connectivity index (χ1) is 5.04. The van der Waals surface area contributed by atoms with E-state index in [-0.39, 0.29) is 11.6 Å². The summed E-state index contributed by atoms with van der Waals surface area (Å²) in [5.74, 6) is 0.361. The lowest BCUT2D eigenvalue weighted by Crippen LogP contribution is -2.46. The number of hydrogen-bond donors (Lipinski definition) is 2. The van der Waals surface area contributed by atoms with Crippen LogP contribution in [-0.2, 0) is 4.74 Å². The van der Waals surface area contributed by atoms with Gasteiger partial charge in [-0.25, -0.2) is 0 Å². The van der Waals surface area contributed by atoms with Crippen LogP contribution in [-0.4, -0.2) is 39.0 Å². The van der Waals surface area contributed by atoms with E-state index < -0.39 is 12.4 Å². The molecule has 1 aliphatic heterocycles. The van der Waals surface area contributed by atoms with Crippen LogP contribution in [0.25, 0.3) is 0 Å². The van der Waals surface area contributed by atoms with E-state index in [1.165, 1.54) is 0 Å². The van der Waals surface area contributed by atoms with E-state index in [4.69, 9.17) is 4.74 Å². The van der Waals surface area contributed by atoms with Gasteiger partial charge in [-0.15, -0.1) is 0 Å². The quantitative estimate of drug-likeness (QED) is 0.459. The standard InChI is InChI=1S/C7H16O3Si/c1-3-4(2)10-7(9)5(8)6(3)11/h3-9H,1-2,11H3/t3-,4-,5+,6+,7?/m1/s1. The third-order valence-corrected chi connectivity index (χ3v) is 4.49. The van der Waals surface area contributed by atoms with Crippen LogP contribution in [0.3, 0.4) is 0 Å². The number of aliphatic hydroxyl groups excluding tert-OH is 2. The minimum atomic E-state index is -0.969. The fraction of sp³-hybridized carbons (Fsp3) is 1.00.